The van der Waals surface area contributed by atoms with Crippen molar-refractivity contribution in [3.05, 3.63) is 24.3 Å². The quantitative estimate of drug-likeness (QED) is 0.226. The van der Waals surface area contributed by atoms with Crippen molar-refractivity contribution < 1.29 is 18.9 Å². The first kappa shape index (κ1) is 68.7. The van der Waals surface area contributed by atoms with Crippen molar-refractivity contribution >= 4 is 11.8 Å². The molecule has 71 heavy (non-hydrogen) atoms. The van der Waals surface area contributed by atoms with Crippen molar-refractivity contribution in [3.63, 3.8) is 0 Å². The third-order valence-corrected chi connectivity index (χ3v) is 20.7. The second kappa shape index (κ2) is 41.8. The molecule has 0 aromatic rings. The molecule has 18 atom stereocenters. The Balaban J connectivity index is 0.000000399. The topological polar surface area (TPSA) is 36.9 Å². The van der Waals surface area contributed by atoms with Gasteiger partial charge in [-0.25, -0.2) is 0 Å². The van der Waals surface area contributed by atoms with Gasteiger partial charge in [-0.05, 0) is 137 Å². The van der Waals surface area contributed by atoms with Gasteiger partial charge in [0.05, 0.1) is 37.6 Å². The minimum Gasteiger partial charge on any atom is -0.378 e. The molecule has 0 N–H and O–H groups in total. The number of rotatable bonds is 0. The van der Waals surface area contributed by atoms with Crippen molar-refractivity contribution in [1.82, 2.24) is 0 Å². The summed E-state index contributed by atoms with van der Waals surface area (Å²) in [5, 5.41) is 0.920. The Morgan fingerprint density at radius 2 is 0.563 bits per heavy atom. The fourth-order valence-electron chi connectivity index (χ4n) is 10.6. The van der Waals surface area contributed by atoms with E-state index in [1.54, 1.807) is 0 Å². The van der Waals surface area contributed by atoms with Gasteiger partial charge in [0, 0.05) is 30.3 Å². The number of thioether (sulfide) groups is 1. The molecule has 0 aromatic carbocycles. The maximum atomic E-state index is 5.39. The maximum absolute atomic E-state index is 5.39. The fourth-order valence-corrected chi connectivity index (χ4v) is 11.8. The zero-order valence-electron chi connectivity index (χ0n) is 51.1. The Kier molecular flexibility index (Phi) is 40.4. The van der Waals surface area contributed by atoms with Crippen LogP contribution in [0, 0.1) is 76.9 Å². The van der Waals surface area contributed by atoms with Gasteiger partial charge in [0.2, 0.25) is 0 Å². The van der Waals surface area contributed by atoms with Crippen molar-refractivity contribution in [1.29, 1.82) is 0 Å². The van der Waals surface area contributed by atoms with Gasteiger partial charge in [-0.15, -0.1) is 0 Å². The van der Waals surface area contributed by atoms with E-state index >= 15 is 0 Å². The molecule has 0 amide bonds. The lowest BCUT2D eigenvalue weighted by molar-refractivity contribution is -0.00798. The van der Waals surface area contributed by atoms with Crippen LogP contribution in [-0.2, 0) is 18.9 Å². The molecular formula is C66H128O4S. The molecule has 4 saturated carbocycles. The molecule has 0 aromatic heterocycles. The second-order valence-corrected chi connectivity index (χ2v) is 26.8. The summed E-state index contributed by atoms with van der Waals surface area (Å²) in [5.41, 5.74) is 0. The molecule has 7 fully saturated rings. The van der Waals surface area contributed by atoms with Gasteiger partial charge in [-0.2, -0.15) is 11.8 Å². The van der Waals surface area contributed by atoms with Crippen LogP contribution < -0.4 is 0 Å². The summed E-state index contributed by atoms with van der Waals surface area (Å²) in [4.78, 5) is 0. The van der Waals surface area contributed by atoms with Crippen LogP contribution >= 0.6 is 11.8 Å². The van der Waals surface area contributed by atoms with Crippen LogP contribution in [0.15, 0.2) is 24.3 Å². The molecular weight excluding hydrogens is 889 g/mol. The SMILES string of the molecule is CC1C=CCOC1C.CC1C=CCOC1C.CC1CCCC1C.CC1CCCCC1C.CC1CCCCC1C.CC1CCCCC1C.CC1CCCOC1C.CC1CCCOC1C.CC1CCCSC1C. The molecule has 9 aliphatic rings. The molecule has 4 nitrogen and oxygen atoms in total. The van der Waals surface area contributed by atoms with Crippen LogP contribution in [0.4, 0.5) is 0 Å². The van der Waals surface area contributed by atoms with Gasteiger partial charge in [-0.3, -0.25) is 0 Å². The minimum absolute atomic E-state index is 0.417. The summed E-state index contributed by atoms with van der Waals surface area (Å²) in [7, 11) is 0. The Morgan fingerprint density at radius 3 is 0.732 bits per heavy atom. The highest BCUT2D eigenvalue weighted by atomic mass is 32.2. The van der Waals surface area contributed by atoms with Gasteiger partial charge < -0.3 is 18.9 Å². The van der Waals surface area contributed by atoms with E-state index in [1.165, 1.54) is 141 Å². The molecule has 0 bridgehead atoms. The molecule has 18 unspecified atom stereocenters. The molecule has 4 aliphatic carbocycles. The number of ether oxygens (including phenoxy) is 4. The van der Waals surface area contributed by atoms with Gasteiger partial charge in [0.1, 0.15) is 0 Å². The highest BCUT2D eigenvalue weighted by Crippen LogP contribution is 2.32. The summed E-state index contributed by atoms with van der Waals surface area (Å²) in [5.74, 6) is 13.2. The largest absolute Gasteiger partial charge is 0.378 e. The van der Waals surface area contributed by atoms with Crippen LogP contribution in [0.1, 0.15) is 259 Å². The van der Waals surface area contributed by atoms with Crippen molar-refractivity contribution in [2.45, 2.75) is 289 Å². The molecule has 0 radical (unpaired) electrons. The van der Waals surface area contributed by atoms with E-state index in [2.05, 4.69) is 161 Å². The summed E-state index contributed by atoms with van der Waals surface area (Å²) < 4.78 is 21.4. The van der Waals surface area contributed by atoms with E-state index in [4.69, 9.17) is 18.9 Å². The standard InChI is InChI=1S/3C8H16.2C7H14O.2C7H12O.C7H14S.C7H14/c3*1-7-5-3-4-6-8(7)2;5*1-6-4-3-5-8-7(6)2;1-6-4-3-5-7(6)2/h3*7-8H,3-6H2,1-2H3;2*6-7H,3-5H2,1-2H3;2*3-4,6-7H,5H2,1-2H3;6-7H,3-5H2,1-2H3;6-7H,3-5H2,1-2H3. The van der Waals surface area contributed by atoms with Crippen molar-refractivity contribution in [2.24, 2.45) is 76.9 Å². The van der Waals surface area contributed by atoms with E-state index in [9.17, 15) is 0 Å². The summed E-state index contributed by atoms with van der Waals surface area (Å²) in [6.07, 6.45) is 40.6. The third-order valence-electron chi connectivity index (χ3n) is 19.1. The molecule has 5 heterocycles. The Hall–Kier alpha value is -0.330. The third kappa shape index (κ3) is 33.4. The Morgan fingerprint density at radius 1 is 0.282 bits per heavy atom. The van der Waals surface area contributed by atoms with Gasteiger partial charge in [0.15, 0.2) is 0 Å². The lowest BCUT2D eigenvalue weighted by Gasteiger charge is -2.25. The van der Waals surface area contributed by atoms with Crippen molar-refractivity contribution in [2.75, 3.05) is 32.2 Å². The Bertz CT molecular complexity index is 1020. The van der Waals surface area contributed by atoms with Gasteiger partial charge in [0.25, 0.3) is 0 Å². The van der Waals surface area contributed by atoms with Crippen LogP contribution in [0.2, 0.25) is 0 Å². The normalized spacial score (nSPS) is 39.5. The van der Waals surface area contributed by atoms with E-state index < -0.39 is 0 Å². The molecule has 0 spiro atoms. The van der Waals surface area contributed by atoms with Crippen LogP contribution in [0.25, 0.3) is 0 Å². The first-order chi connectivity index (χ1) is 33.7. The average molecular weight is 1020 g/mol. The van der Waals surface area contributed by atoms with Crippen LogP contribution in [0.3, 0.4) is 0 Å². The highest BCUT2D eigenvalue weighted by molar-refractivity contribution is 7.99. The zero-order valence-corrected chi connectivity index (χ0v) is 51.9. The first-order valence-electron chi connectivity index (χ1n) is 31.2. The Labute approximate surface area is 451 Å². The second-order valence-electron chi connectivity index (χ2n) is 25.3. The molecule has 422 valence electrons. The van der Waals surface area contributed by atoms with Crippen molar-refractivity contribution in [3.8, 4) is 0 Å². The van der Waals surface area contributed by atoms with E-state index in [0.717, 1.165) is 96.8 Å². The van der Waals surface area contributed by atoms with Crippen LogP contribution in [-0.4, -0.2) is 61.8 Å². The molecule has 5 heteroatoms. The van der Waals surface area contributed by atoms with E-state index in [1.807, 2.05) is 0 Å². The van der Waals surface area contributed by atoms with E-state index in [0.29, 0.717) is 36.3 Å². The zero-order chi connectivity index (χ0) is 53.1. The van der Waals surface area contributed by atoms with Crippen LogP contribution in [0.5, 0.6) is 0 Å². The predicted molar refractivity (Wildman–Crippen MR) is 318 cm³/mol. The van der Waals surface area contributed by atoms with Gasteiger partial charge >= 0.3 is 0 Å². The number of hydrogen-bond acceptors (Lipinski definition) is 5. The lowest BCUT2D eigenvalue weighted by Crippen LogP contribution is -2.23. The first-order valence-corrected chi connectivity index (χ1v) is 32.2. The predicted octanol–water partition coefficient (Wildman–Crippen LogP) is 20.3. The fraction of sp³-hybridized carbons (Fsp3) is 0.939. The molecule has 9 rings (SSSR count). The monoisotopic (exact) mass is 1020 g/mol. The number of hydrogen-bond donors (Lipinski definition) is 0. The van der Waals surface area contributed by atoms with Gasteiger partial charge in [-0.1, -0.05) is 218 Å². The molecule has 5 aliphatic heterocycles. The summed E-state index contributed by atoms with van der Waals surface area (Å²) >= 11 is 2.13. The van der Waals surface area contributed by atoms with E-state index in [-0.39, 0.29) is 0 Å². The minimum atomic E-state index is 0.417. The summed E-state index contributed by atoms with van der Waals surface area (Å²) in [6, 6.07) is 0. The summed E-state index contributed by atoms with van der Waals surface area (Å²) in [6.45, 7) is 44.6. The molecule has 3 saturated heterocycles. The maximum Gasteiger partial charge on any atom is 0.0651 e. The highest BCUT2D eigenvalue weighted by Gasteiger charge is 2.21. The smallest absolute Gasteiger partial charge is 0.0651 e. The lowest BCUT2D eigenvalue weighted by atomic mass is 9.82. The average Bonchev–Trinajstić information content (AvgIpc) is 3.74.